The average Bonchev–Trinajstić information content (AvgIpc) is 2.87. The summed E-state index contributed by atoms with van der Waals surface area (Å²) in [5.74, 6) is 0.570. The number of nitrogens with one attached hydrogen (secondary N) is 1. The quantitative estimate of drug-likeness (QED) is 0.387. The zero-order valence-corrected chi connectivity index (χ0v) is 13.6. The number of nitro groups is 1. The van der Waals surface area contributed by atoms with Crippen LogP contribution >= 0.6 is 24.0 Å². The minimum absolute atomic E-state index is 0.102. The van der Waals surface area contributed by atoms with Crippen LogP contribution in [0.25, 0.3) is 6.08 Å². The molecule has 0 atom stereocenters. The van der Waals surface area contributed by atoms with Crippen LogP contribution in [0.15, 0.2) is 47.5 Å². The summed E-state index contributed by atoms with van der Waals surface area (Å²) < 4.78 is 5.96. The number of hydrogen-bond donors (Lipinski definition) is 1. The molecule has 120 valence electrons. The molecule has 1 fully saturated rings. The monoisotopic (exact) mass is 359 g/mol. The van der Waals surface area contributed by atoms with Crippen LogP contribution in [-0.2, 0) is 4.79 Å². The second kappa shape index (κ2) is 6.77. The van der Waals surface area contributed by atoms with Crippen molar-refractivity contribution < 1.29 is 14.5 Å². The Labute approximate surface area is 145 Å². The number of aromatic nitrogens is 1. The molecule has 2 aromatic rings. The van der Waals surface area contributed by atoms with Gasteiger partial charge < -0.3 is 10.1 Å². The van der Waals surface area contributed by atoms with E-state index in [1.165, 1.54) is 23.9 Å². The smallest absolute Gasteiger partial charge is 0.287 e. The number of pyridine rings is 1. The van der Waals surface area contributed by atoms with Crippen LogP contribution in [0.1, 0.15) is 5.56 Å². The molecule has 0 radical (unpaired) electrons. The van der Waals surface area contributed by atoms with Crippen molar-refractivity contribution in [3.63, 3.8) is 0 Å². The molecule has 1 aliphatic rings. The first-order valence-electron chi connectivity index (χ1n) is 6.64. The summed E-state index contributed by atoms with van der Waals surface area (Å²) in [7, 11) is 0. The van der Waals surface area contributed by atoms with Gasteiger partial charge in [0.1, 0.15) is 16.3 Å². The van der Waals surface area contributed by atoms with E-state index in [1.807, 2.05) is 0 Å². The lowest BCUT2D eigenvalue weighted by atomic mass is 10.2. The maximum absolute atomic E-state index is 11.6. The van der Waals surface area contributed by atoms with Crippen molar-refractivity contribution in [3.05, 3.63) is 63.2 Å². The van der Waals surface area contributed by atoms with Crippen LogP contribution in [0.4, 0.5) is 5.69 Å². The van der Waals surface area contributed by atoms with E-state index in [4.69, 9.17) is 17.0 Å². The van der Waals surface area contributed by atoms with Gasteiger partial charge in [-0.05, 0) is 23.8 Å². The maximum Gasteiger partial charge on any atom is 0.287 e. The first-order valence-corrected chi connectivity index (χ1v) is 7.87. The molecule has 0 bridgehead atoms. The predicted octanol–water partition coefficient (Wildman–Crippen LogP) is 3.27. The number of thioether (sulfide) groups is 1. The zero-order chi connectivity index (χ0) is 17.1. The molecule has 24 heavy (non-hydrogen) atoms. The predicted molar refractivity (Wildman–Crippen MR) is 93.7 cm³/mol. The van der Waals surface area contributed by atoms with Crippen molar-refractivity contribution in [3.8, 4) is 11.6 Å². The lowest BCUT2D eigenvalue weighted by molar-refractivity contribution is -0.385. The summed E-state index contributed by atoms with van der Waals surface area (Å²) in [5, 5.41) is 13.1. The van der Waals surface area contributed by atoms with Gasteiger partial charge >= 0.3 is 0 Å². The van der Waals surface area contributed by atoms with Gasteiger partial charge in [-0.15, -0.1) is 0 Å². The molecule has 1 aromatic heterocycles. The molecule has 1 saturated heterocycles. The Morgan fingerprint density at radius 3 is 2.54 bits per heavy atom. The molecule has 0 spiro atoms. The van der Waals surface area contributed by atoms with Gasteiger partial charge in [0, 0.05) is 12.1 Å². The SMILES string of the molecule is O=C1NC(=S)SC1=Cc1ccc(Oc2ccc([N+](=O)[O-])cn2)cc1. The highest BCUT2D eigenvalue weighted by molar-refractivity contribution is 8.26. The van der Waals surface area contributed by atoms with Crippen molar-refractivity contribution >= 4 is 46.0 Å². The third-order valence-electron chi connectivity index (χ3n) is 2.97. The first-order chi connectivity index (χ1) is 11.5. The Morgan fingerprint density at radius 1 is 1.25 bits per heavy atom. The van der Waals surface area contributed by atoms with Crippen LogP contribution < -0.4 is 10.1 Å². The topological polar surface area (TPSA) is 94.4 Å². The lowest BCUT2D eigenvalue weighted by Gasteiger charge is -2.04. The van der Waals surface area contributed by atoms with Gasteiger partial charge in [0.05, 0.1) is 9.83 Å². The van der Waals surface area contributed by atoms with Crippen molar-refractivity contribution in [2.24, 2.45) is 0 Å². The number of hydrogen-bond acceptors (Lipinski definition) is 7. The molecule has 1 amide bonds. The van der Waals surface area contributed by atoms with E-state index in [1.54, 1.807) is 30.3 Å². The average molecular weight is 359 g/mol. The number of carbonyl (C=O) groups is 1. The number of thiocarbonyl (C=S) groups is 1. The van der Waals surface area contributed by atoms with E-state index in [9.17, 15) is 14.9 Å². The number of carbonyl (C=O) groups excluding carboxylic acids is 1. The molecule has 3 rings (SSSR count). The summed E-state index contributed by atoms with van der Waals surface area (Å²) >= 11 is 6.14. The highest BCUT2D eigenvalue weighted by atomic mass is 32.2. The molecule has 1 N–H and O–H groups in total. The van der Waals surface area contributed by atoms with Gasteiger partial charge in [-0.3, -0.25) is 14.9 Å². The highest BCUT2D eigenvalue weighted by Gasteiger charge is 2.21. The fraction of sp³-hybridized carbons (Fsp3) is 0. The maximum atomic E-state index is 11.6. The van der Waals surface area contributed by atoms with E-state index in [-0.39, 0.29) is 17.5 Å². The molecule has 0 unspecified atom stereocenters. The Kier molecular flexibility index (Phi) is 4.54. The molecule has 0 aliphatic carbocycles. The van der Waals surface area contributed by atoms with Crippen LogP contribution in [0.3, 0.4) is 0 Å². The molecular formula is C15H9N3O4S2. The van der Waals surface area contributed by atoms with E-state index >= 15 is 0 Å². The Balaban J connectivity index is 1.70. The molecule has 1 aromatic carbocycles. The summed E-state index contributed by atoms with van der Waals surface area (Å²) in [6.45, 7) is 0. The number of nitrogens with zero attached hydrogens (tertiary/aromatic N) is 2. The summed E-state index contributed by atoms with van der Waals surface area (Å²) in [4.78, 5) is 26.1. The standard InChI is InChI=1S/C15H9N3O4S2/c19-14-12(24-15(23)17-14)7-9-1-4-11(5-2-9)22-13-6-3-10(8-16-13)18(20)21/h1-8H,(H,17,19,23). The van der Waals surface area contributed by atoms with E-state index in [0.29, 0.717) is 15.0 Å². The Morgan fingerprint density at radius 2 is 2.00 bits per heavy atom. The van der Waals surface area contributed by atoms with Crippen LogP contribution in [0, 0.1) is 10.1 Å². The second-order valence-electron chi connectivity index (χ2n) is 4.64. The Bertz CT molecular complexity index is 848. The van der Waals surface area contributed by atoms with Crippen LogP contribution in [0.2, 0.25) is 0 Å². The third kappa shape index (κ3) is 3.76. The van der Waals surface area contributed by atoms with Crippen molar-refractivity contribution in [2.75, 3.05) is 0 Å². The van der Waals surface area contributed by atoms with E-state index < -0.39 is 4.92 Å². The minimum Gasteiger partial charge on any atom is -0.439 e. The molecule has 0 saturated carbocycles. The van der Waals surface area contributed by atoms with Crippen molar-refractivity contribution in [1.29, 1.82) is 0 Å². The first kappa shape index (κ1) is 16.1. The van der Waals surface area contributed by atoms with Gasteiger partial charge in [-0.2, -0.15) is 0 Å². The largest absolute Gasteiger partial charge is 0.439 e. The van der Waals surface area contributed by atoms with Gasteiger partial charge in [0.15, 0.2) is 0 Å². The minimum atomic E-state index is -0.526. The zero-order valence-electron chi connectivity index (χ0n) is 12.0. The normalized spacial score (nSPS) is 15.4. The summed E-state index contributed by atoms with van der Waals surface area (Å²) in [6, 6.07) is 9.73. The molecule has 2 heterocycles. The number of rotatable bonds is 4. The van der Waals surface area contributed by atoms with Gasteiger partial charge in [0.25, 0.3) is 11.6 Å². The summed E-state index contributed by atoms with van der Waals surface area (Å²) in [5.41, 5.74) is 0.718. The fourth-order valence-electron chi connectivity index (χ4n) is 1.87. The van der Waals surface area contributed by atoms with Gasteiger partial charge in [-0.25, -0.2) is 4.98 Å². The van der Waals surface area contributed by atoms with E-state index in [0.717, 1.165) is 11.8 Å². The van der Waals surface area contributed by atoms with E-state index in [2.05, 4.69) is 10.3 Å². The summed E-state index contributed by atoms with van der Waals surface area (Å²) in [6.07, 6.45) is 2.86. The second-order valence-corrected chi connectivity index (χ2v) is 6.35. The Hall–Kier alpha value is -2.78. The number of amides is 1. The van der Waals surface area contributed by atoms with Crippen molar-refractivity contribution in [2.45, 2.75) is 0 Å². The molecule has 9 heteroatoms. The van der Waals surface area contributed by atoms with Gasteiger partial charge in [-0.1, -0.05) is 36.1 Å². The fourth-order valence-corrected chi connectivity index (χ4v) is 2.91. The molecule has 1 aliphatic heterocycles. The number of benzene rings is 1. The van der Waals surface area contributed by atoms with Gasteiger partial charge in [0.2, 0.25) is 5.88 Å². The highest BCUT2D eigenvalue weighted by Crippen LogP contribution is 2.27. The lowest BCUT2D eigenvalue weighted by Crippen LogP contribution is -2.17. The van der Waals surface area contributed by atoms with Crippen LogP contribution in [0.5, 0.6) is 11.6 Å². The number of ether oxygens (including phenoxy) is 1. The molecular weight excluding hydrogens is 350 g/mol. The molecule has 7 nitrogen and oxygen atoms in total. The third-order valence-corrected chi connectivity index (χ3v) is 4.14. The van der Waals surface area contributed by atoms with Crippen LogP contribution in [-0.4, -0.2) is 20.1 Å². The van der Waals surface area contributed by atoms with Crippen molar-refractivity contribution in [1.82, 2.24) is 10.3 Å².